The van der Waals surface area contributed by atoms with E-state index in [9.17, 15) is 5.11 Å². The molecule has 0 bridgehead atoms. The molecule has 100 valence electrons. The zero-order chi connectivity index (χ0) is 12.4. The van der Waals surface area contributed by atoms with E-state index in [0.717, 1.165) is 18.4 Å². The van der Waals surface area contributed by atoms with Gasteiger partial charge in [-0.2, -0.15) is 0 Å². The van der Waals surface area contributed by atoms with Crippen molar-refractivity contribution in [3.8, 4) is 0 Å². The first kappa shape index (κ1) is 13.4. The SMILES string of the molecule is CC1CC(C)C(C)N(CC(O)C2CCCC2)C1. The molecule has 2 aliphatic rings. The molecule has 0 aromatic heterocycles. The monoisotopic (exact) mass is 239 g/mol. The normalized spacial score (nSPS) is 38.5. The van der Waals surface area contributed by atoms with Gasteiger partial charge >= 0.3 is 0 Å². The lowest BCUT2D eigenvalue weighted by Gasteiger charge is -2.42. The second-order valence-corrected chi connectivity index (χ2v) is 6.62. The van der Waals surface area contributed by atoms with Crippen molar-refractivity contribution >= 4 is 0 Å². The molecule has 0 spiro atoms. The van der Waals surface area contributed by atoms with E-state index in [2.05, 4.69) is 25.7 Å². The summed E-state index contributed by atoms with van der Waals surface area (Å²) in [5, 5.41) is 10.3. The van der Waals surface area contributed by atoms with Crippen LogP contribution in [0.15, 0.2) is 0 Å². The van der Waals surface area contributed by atoms with E-state index < -0.39 is 0 Å². The van der Waals surface area contributed by atoms with Gasteiger partial charge in [0.2, 0.25) is 0 Å². The van der Waals surface area contributed by atoms with E-state index in [1.165, 1.54) is 38.6 Å². The van der Waals surface area contributed by atoms with Crippen LogP contribution in [0.1, 0.15) is 52.9 Å². The Morgan fingerprint density at radius 1 is 1.18 bits per heavy atom. The van der Waals surface area contributed by atoms with Gasteiger partial charge < -0.3 is 5.11 Å². The summed E-state index contributed by atoms with van der Waals surface area (Å²) in [4.78, 5) is 2.53. The van der Waals surface area contributed by atoms with Crippen LogP contribution >= 0.6 is 0 Å². The number of piperidine rings is 1. The highest BCUT2D eigenvalue weighted by atomic mass is 16.3. The number of likely N-dealkylation sites (tertiary alicyclic amines) is 1. The number of nitrogens with zero attached hydrogens (tertiary/aromatic N) is 1. The van der Waals surface area contributed by atoms with Gasteiger partial charge in [0.15, 0.2) is 0 Å². The van der Waals surface area contributed by atoms with Crippen LogP contribution < -0.4 is 0 Å². The molecule has 1 aliphatic heterocycles. The molecule has 17 heavy (non-hydrogen) atoms. The molecule has 4 atom stereocenters. The first-order chi connectivity index (χ1) is 8.08. The number of β-amino-alcohol motifs (C(OH)–C–C–N with tert-alkyl or cyclic N) is 1. The van der Waals surface area contributed by atoms with E-state index in [0.29, 0.717) is 12.0 Å². The minimum Gasteiger partial charge on any atom is -0.392 e. The summed E-state index contributed by atoms with van der Waals surface area (Å²) in [7, 11) is 0. The molecule has 0 aromatic rings. The molecule has 0 aromatic carbocycles. The summed E-state index contributed by atoms with van der Waals surface area (Å²) in [5.41, 5.74) is 0. The quantitative estimate of drug-likeness (QED) is 0.818. The average Bonchev–Trinajstić information content (AvgIpc) is 2.78. The predicted molar refractivity (Wildman–Crippen MR) is 71.9 cm³/mol. The molecule has 1 heterocycles. The van der Waals surface area contributed by atoms with E-state index in [1.54, 1.807) is 0 Å². The topological polar surface area (TPSA) is 23.5 Å². The van der Waals surface area contributed by atoms with Crippen LogP contribution in [0.3, 0.4) is 0 Å². The molecule has 2 heteroatoms. The van der Waals surface area contributed by atoms with Crippen molar-refractivity contribution in [2.75, 3.05) is 13.1 Å². The molecular formula is C15H29NO. The Hall–Kier alpha value is -0.0800. The van der Waals surface area contributed by atoms with Crippen molar-refractivity contribution in [1.82, 2.24) is 4.90 Å². The first-order valence-electron chi connectivity index (χ1n) is 7.50. The summed E-state index contributed by atoms with van der Waals surface area (Å²) in [6.45, 7) is 9.11. The summed E-state index contributed by atoms with van der Waals surface area (Å²) < 4.78 is 0. The lowest BCUT2D eigenvalue weighted by Crippen LogP contribution is -2.49. The molecule has 1 saturated heterocycles. The van der Waals surface area contributed by atoms with Gasteiger partial charge in [0.05, 0.1) is 6.10 Å². The molecule has 2 nitrogen and oxygen atoms in total. The van der Waals surface area contributed by atoms with Crippen molar-refractivity contribution in [2.45, 2.75) is 65.0 Å². The highest BCUT2D eigenvalue weighted by molar-refractivity contribution is 4.85. The lowest BCUT2D eigenvalue weighted by atomic mass is 9.85. The van der Waals surface area contributed by atoms with Crippen LogP contribution in [-0.2, 0) is 0 Å². The number of hydrogen-bond donors (Lipinski definition) is 1. The maximum Gasteiger partial charge on any atom is 0.0695 e. The van der Waals surface area contributed by atoms with Crippen molar-refractivity contribution in [3.63, 3.8) is 0 Å². The molecule has 1 N–H and O–H groups in total. The number of hydrogen-bond acceptors (Lipinski definition) is 2. The molecule has 4 unspecified atom stereocenters. The Labute approximate surface area is 106 Å². The van der Waals surface area contributed by atoms with E-state index in [-0.39, 0.29) is 6.10 Å². The fourth-order valence-corrected chi connectivity index (χ4v) is 3.80. The van der Waals surface area contributed by atoms with Gasteiger partial charge in [0, 0.05) is 19.1 Å². The maximum atomic E-state index is 10.3. The third-order valence-electron chi connectivity index (χ3n) is 5.09. The molecule has 1 saturated carbocycles. The van der Waals surface area contributed by atoms with Gasteiger partial charge in [-0.15, -0.1) is 0 Å². The van der Waals surface area contributed by atoms with Crippen LogP contribution in [0, 0.1) is 17.8 Å². The molecule has 0 amide bonds. The van der Waals surface area contributed by atoms with Crippen LogP contribution in [-0.4, -0.2) is 35.2 Å². The van der Waals surface area contributed by atoms with E-state index in [4.69, 9.17) is 0 Å². The van der Waals surface area contributed by atoms with Gasteiger partial charge in [0.25, 0.3) is 0 Å². The largest absolute Gasteiger partial charge is 0.392 e. The molecule has 1 aliphatic carbocycles. The molecular weight excluding hydrogens is 210 g/mol. The average molecular weight is 239 g/mol. The standard InChI is InChI=1S/C15H29NO/c1-11-8-12(2)13(3)16(9-11)10-15(17)14-6-4-5-7-14/h11-15,17H,4-10H2,1-3H3. The fourth-order valence-electron chi connectivity index (χ4n) is 3.80. The van der Waals surface area contributed by atoms with Gasteiger partial charge in [-0.3, -0.25) is 4.90 Å². The van der Waals surface area contributed by atoms with Crippen LogP contribution in [0.25, 0.3) is 0 Å². The van der Waals surface area contributed by atoms with Crippen molar-refractivity contribution < 1.29 is 5.11 Å². The van der Waals surface area contributed by atoms with E-state index in [1.807, 2.05) is 0 Å². The first-order valence-corrected chi connectivity index (χ1v) is 7.50. The van der Waals surface area contributed by atoms with Crippen molar-refractivity contribution in [1.29, 1.82) is 0 Å². The molecule has 0 radical (unpaired) electrons. The maximum absolute atomic E-state index is 10.3. The van der Waals surface area contributed by atoms with Crippen molar-refractivity contribution in [2.24, 2.45) is 17.8 Å². The van der Waals surface area contributed by atoms with Crippen LogP contribution in [0.4, 0.5) is 0 Å². The Balaban J connectivity index is 1.87. The summed E-state index contributed by atoms with van der Waals surface area (Å²) >= 11 is 0. The molecule has 2 fully saturated rings. The minimum atomic E-state index is -0.0857. The second-order valence-electron chi connectivity index (χ2n) is 6.62. The smallest absolute Gasteiger partial charge is 0.0695 e. The Morgan fingerprint density at radius 3 is 2.47 bits per heavy atom. The Kier molecular flexibility index (Phi) is 4.48. The zero-order valence-electron chi connectivity index (χ0n) is 11.7. The zero-order valence-corrected chi connectivity index (χ0v) is 11.7. The van der Waals surface area contributed by atoms with Crippen LogP contribution in [0.5, 0.6) is 0 Å². The van der Waals surface area contributed by atoms with Gasteiger partial charge in [0.1, 0.15) is 0 Å². The summed E-state index contributed by atoms with van der Waals surface area (Å²) in [6.07, 6.45) is 6.39. The van der Waals surface area contributed by atoms with Gasteiger partial charge in [-0.25, -0.2) is 0 Å². The van der Waals surface area contributed by atoms with Gasteiger partial charge in [-0.1, -0.05) is 26.7 Å². The summed E-state index contributed by atoms with van der Waals surface area (Å²) in [5.74, 6) is 2.14. The third-order valence-corrected chi connectivity index (χ3v) is 5.09. The molecule has 2 rings (SSSR count). The third kappa shape index (κ3) is 3.23. The fraction of sp³-hybridized carbons (Fsp3) is 1.00. The lowest BCUT2D eigenvalue weighted by molar-refractivity contribution is 0.0106. The summed E-state index contributed by atoms with van der Waals surface area (Å²) in [6, 6.07) is 0.641. The second kappa shape index (κ2) is 5.71. The minimum absolute atomic E-state index is 0.0857. The highest BCUT2D eigenvalue weighted by Crippen LogP contribution is 2.31. The number of rotatable bonds is 3. The highest BCUT2D eigenvalue weighted by Gasteiger charge is 2.32. The Bertz CT molecular complexity index is 237. The number of aliphatic hydroxyl groups excluding tert-OH is 1. The van der Waals surface area contributed by atoms with E-state index >= 15 is 0 Å². The Morgan fingerprint density at radius 2 is 1.82 bits per heavy atom. The van der Waals surface area contributed by atoms with Gasteiger partial charge in [-0.05, 0) is 43.9 Å². The van der Waals surface area contributed by atoms with Crippen molar-refractivity contribution in [3.05, 3.63) is 0 Å². The predicted octanol–water partition coefficient (Wildman–Crippen LogP) is 2.90. The number of aliphatic hydroxyl groups is 1. The van der Waals surface area contributed by atoms with Crippen LogP contribution in [0.2, 0.25) is 0 Å².